The van der Waals surface area contributed by atoms with Crippen molar-refractivity contribution in [2.45, 2.75) is 18.9 Å². The van der Waals surface area contributed by atoms with Crippen molar-refractivity contribution in [3.63, 3.8) is 0 Å². The molecule has 0 aromatic carbocycles. The molecule has 13 heavy (non-hydrogen) atoms. The maximum absolute atomic E-state index is 8.59. The molecule has 1 rings (SSSR count). The van der Waals surface area contributed by atoms with Gasteiger partial charge in [0.2, 0.25) is 0 Å². The third kappa shape index (κ3) is 4.22. The lowest BCUT2D eigenvalue weighted by molar-refractivity contribution is 0.280. The van der Waals surface area contributed by atoms with Crippen LogP contribution in [0.5, 0.6) is 0 Å². The minimum Gasteiger partial charge on any atom is -0.396 e. The molecule has 0 aliphatic heterocycles. The number of nitrogens with zero attached hydrogens (tertiary/aromatic N) is 1. The molecule has 1 aromatic heterocycles. The van der Waals surface area contributed by atoms with Crippen molar-refractivity contribution in [3.05, 3.63) is 30.1 Å². The predicted octanol–water partition coefficient (Wildman–Crippen LogP) is 1.28. The molecule has 0 amide bonds. The van der Waals surface area contributed by atoms with E-state index in [1.165, 1.54) is 0 Å². The van der Waals surface area contributed by atoms with Crippen LogP contribution in [0.4, 0.5) is 0 Å². The summed E-state index contributed by atoms with van der Waals surface area (Å²) in [6, 6.07) is 3.83. The Balaban J connectivity index is 0.00000144. The number of hydrogen-bond acceptors (Lipinski definition) is 3. The van der Waals surface area contributed by atoms with Gasteiger partial charge in [0.25, 0.3) is 0 Å². The molecule has 0 bridgehead atoms. The molecule has 1 heterocycles. The largest absolute Gasteiger partial charge is 0.396 e. The van der Waals surface area contributed by atoms with Gasteiger partial charge in [0.15, 0.2) is 0 Å². The predicted molar refractivity (Wildman–Crippen MR) is 54.7 cm³/mol. The van der Waals surface area contributed by atoms with E-state index in [-0.39, 0.29) is 25.1 Å². The highest BCUT2D eigenvalue weighted by atomic mass is 35.5. The Morgan fingerprint density at radius 1 is 1.54 bits per heavy atom. The van der Waals surface area contributed by atoms with Gasteiger partial charge in [-0.1, -0.05) is 6.07 Å². The van der Waals surface area contributed by atoms with E-state index in [4.69, 9.17) is 10.8 Å². The Morgan fingerprint density at radius 3 is 2.85 bits per heavy atom. The molecule has 0 saturated carbocycles. The van der Waals surface area contributed by atoms with Crippen molar-refractivity contribution in [1.82, 2.24) is 4.98 Å². The van der Waals surface area contributed by atoms with Crippen LogP contribution in [0, 0.1) is 0 Å². The zero-order valence-electron chi connectivity index (χ0n) is 7.39. The Labute approximate surface area is 84.4 Å². The topological polar surface area (TPSA) is 59.1 Å². The second-order valence-electron chi connectivity index (χ2n) is 2.76. The van der Waals surface area contributed by atoms with Crippen LogP contribution in [0.3, 0.4) is 0 Å². The summed E-state index contributed by atoms with van der Waals surface area (Å²) in [5, 5.41) is 8.59. The lowest BCUT2D eigenvalue weighted by Gasteiger charge is -2.09. The zero-order chi connectivity index (χ0) is 8.81. The molecule has 74 valence electrons. The van der Waals surface area contributed by atoms with Gasteiger partial charge in [-0.15, -0.1) is 12.4 Å². The SMILES string of the molecule is Cl.N[C@H](CCCO)c1cccnc1. The van der Waals surface area contributed by atoms with Crippen molar-refractivity contribution < 1.29 is 5.11 Å². The number of halogens is 1. The molecule has 4 heteroatoms. The van der Waals surface area contributed by atoms with Crippen molar-refractivity contribution in [3.8, 4) is 0 Å². The smallest absolute Gasteiger partial charge is 0.0431 e. The highest BCUT2D eigenvalue weighted by molar-refractivity contribution is 5.85. The Morgan fingerprint density at radius 2 is 2.31 bits per heavy atom. The van der Waals surface area contributed by atoms with Crippen molar-refractivity contribution >= 4 is 12.4 Å². The molecule has 0 unspecified atom stereocenters. The van der Waals surface area contributed by atoms with Gasteiger partial charge in [0.05, 0.1) is 0 Å². The van der Waals surface area contributed by atoms with Crippen molar-refractivity contribution in [2.75, 3.05) is 6.61 Å². The monoisotopic (exact) mass is 202 g/mol. The number of aliphatic hydroxyl groups is 1. The maximum Gasteiger partial charge on any atom is 0.0431 e. The minimum absolute atomic E-state index is 0. The number of aromatic nitrogens is 1. The first-order valence-corrected chi connectivity index (χ1v) is 4.11. The van der Waals surface area contributed by atoms with Gasteiger partial charge in [0, 0.05) is 25.0 Å². The fourth-order valence-corrected chi connectivity index (χ4v) is 1.07. The van der Waals surface area contributed by atoms with E-state index in [0.29, 0.717) is 0 Å². The maximum atomic E-state index is 8.59. The molecule has 0 aliphatic rings. The lowest BCUT2D eigenvalue weighted by atomic mass is 10.1. The zero-order valence-corrected chi connectivity index (χ0v) is 8.20. The van der Waals surface area contributed by atoms with Crippen molar-refractivity contribution in [1.29, 1.82) is 0 Å². The highest BCUT2D eigenvalue weighted by Crippen LogP contribution is 2.13. The molecule has 1 atom stereocenters. The van der Waals surface area contributed by atoms with E-state index in [9.17, 15) is 0 Å². The summed E-state index contributed by atoms with van der Waals surface area (Å²) in [4.78, 5) is 3.97. The van der Waals surface area contributed by atoms with Gasteiger partial charge < -0.3 is 10.8 Å². The first kappa shape index (κ1) is 12.4. The average molecular weight is 203 g/mol. The number of nitrogens with two attached hydrogens (primary N) is 1. The van der Waals surface area contributed by atoms with Crippen LogP contribution in [0.2, 0.25) is 0 Å². The third-order valence-electron chi connectivity index (χ3n) is 1.79. The highest BCUT2D eigenvalue weighted by Gasteiger charge is 2.03. The van der Waals surface area contributed by atoms with Crippen molar-refractivity contribution in [2.24, 2.45) is 5.73 Å². The van der Waals surface area contributed by atoms with Crippen LogP contribution < -0.4 is 5.73 Å². The van der Waals surface area contributed by atoms with E-state index < -0.39 is 0 Å². The first-order chi connectivity index (χ1) is 5.84. The number of rotatable bonds is 4. The van der Waals surface area contributed by atoms with Crippen LogP contribution in [0.15, 0.2) is 24.5 Å². The number of hydrogen-bond donors (Lipinski definition) is 2. The summed E-state index contributed by atoms with van der Waals surface area (Å²) < 4.78 is 0. The number of pyridine rings is 1. The quantitative estimate of drug-likeness (QED) is 0.773. The van der Waals surface area contributed by atoms with E-state index in [1.807, 2.05) is 12.1 Å². The lowest BCUT2D eigenvalue weighted by Crippen LogP contribution is -2.10. The fourth-order valence-electron chi connectivity index (χ4n) is 1.07. The summed E-state index contributed by atoms with van der Waals surface area (Å²) in [7, 11) is 0. The average Bonchev–Trinajstić information content (AvgIpc) is 2.15. The van der Waals surface area contributed by atoms with E-state index in [2.05, 4.69) is 4.98 Å². The standard InChI is InChI=1S/C9H14N2O.ClH/c10-9(4-2-6-12)8-3-1-5-11-7-8;/h1,3,5,7,9,12H,2,4,6,10H2;1H/t9-;/m1./s1. The molecule has 0 radical (unpaired) electrons. The molecule has 1 aromatic rings. The van der Waals surface area contributed by atoms with E-state index in [1.54, 1.807) is 12.4 Å². The molecule has 3 N–H and O–H groups in total. The van der Waals surface area contributed by atoms with Crippen LogP contribution in [-0.4, -0.2) is 16.7 Å². The van der Waals surface area contributed by atoms with Crippen LogP contribution in [-0.2, 0) is 0 Å². The molecule has 0 spiro atoms. The first-order valence-electron chi connectivity index (χ1n) is 4.11. The molecule has 0 fully saturated rings. The third-order valence-corrected chi connectivity index (χ3v) is 1.79. The van der Waals surface area contributed by atoms with Gasteiger partial charge in [-0.25, -0.2) is 0 Å². The summed E-state index contributed by atoms with van der Waals surface area (Å²) >= 11 is 0. The fraction of sp³-hybridized carbons (Fsp3) is 0.444. The summed E-state index contributed by atoms with van der Waals surface area (Å²) in [5.41, 5.74) is 6.86. The summed E-state index contributed by atoms with van der Waals surface area (Å²) in [5.74, 6) is 0. The molecular formula is C9H15ClN2O. The van der Waals surface area contributed by atoms with Crippen LogP contribution >= 0.6 is 12.4 Å². The summed E-state index contributed by atoms with van der Waals surface area (Å²) in [6.07, 6.45) is 5.04. The second-order valence-corrected chi connectivity index (χ2v) is 2.76. The normalized spacial score (nSPS) is 11.8. The molecular weight excluding hydrogens is 188 g/mol. The molecule has 0 aliphatic carbocycles. The molecule has 0 saturated heterocycles. The minimum atomic E-state index is 0. The molecule has 3 nitrogen and oxygen atoms in total. The Bertz CT molecular complexity index is 218. The van der Waals surface area contributed by atoms with E-state index >= 15 is 0 Å². The summed E-state index contributed by atoms with van der Waals surface area (Å²) in [6.45, 7) is 0.202. The van der Waals surface area contributed by atoms with Crippen LogP contribution in [0.25, 0.3) is 0 Å². The number of aliphatic hydroxyl groups excluding tert-OH is 1. The van der Waals surface area contributed by atoms with Gasteiger partial charge in [-0.3, -0.25) is 4.98 Å². The van der Waals surface area contributed by atoms with Gasteiger partial charge in [-0.2, -0.15) is 0 Å². The van der Waals surface area contributed by atoms with E-state index in [0.717, 1.165) is 18.4 Å². The Hall–Kier alpha value is -0.640. The van der Waals surface area contributed by atoms with Crippen LogP contribution in [0.1, 0.15) is 24.4 Å². The van der Waals surface area contributed by atoms with Gasteiger partial charge in [0.1, 0.15) is 0 Å². The second kappa shape index (κ2) is 6.83. The Kier molecular flexibility index (Phi) is 6.49. The van der Waals surface area contributed by atoms with Gasteiger partial charge in [-0.05, 0) is 24.5 Å². The van der Waals surface area contributed by atoms with Gasteiger partial charge >= 0.3 is 0 Å².